The van der Waals surface area contributed by atoms with Gasteiger partial charge in [0.05, 0.1) is 0 Å². The number of carboxylic acids is 1. The Hall–Kier alpha value is -2.69. The number of fused-ring (bicyclic) bond motifs is 1. The molecular formula is C17H15NO4. The van der Waals surface area contributed by atoms with Crippen LogP contribution >= 0.6 is 0 Å². The van der Waals surface area contributed by atoms with Crippen molar-refractivity contribution in [3.05, 3.63) is 68.6 Å². The molecule has 1 atom stereocenters. The number of benzene rings is 1. The second kappa shape index (κ2) is 5.26. The Kier molecular flexibility index (Phi) is 3.41. The molecule has 0 unspecified atom stereocenters. The number of aromatic carboxylic acids is 1. The lowest BCUT2D eigenvalue weighted by molar-refractivity contribution is 0.0695. The smallest absolute Gasteiger partial charge is 0.341 e. The van der Waals surface area contributed by atoms with E-state index in [1.165, 1.54) is 6.07 Å². The molecule has 1 aliphatic carbocycles. The number of H-pyrrole nitrogens is 1. The quantitative estimate of drug-likeness (QED) is 0.890. The molecule has 2 N–H and O–H groups in total. The van der Waals surface area contributed by atoms with Crippen LogP contribution in [0.4, 0.5) is 0 Å². The number of hydrogen-bond acceptors (Lipinski definition) is 3. The SMILES string of the molecule is Cc1ccccc1[C@@H]1CC(=O)c2cc(C(=O)O)c(=O)[nH]c2C1. The Labute approximate surface area is 126 Å². The first-order chi connectivity index (χ1) is 10.5. The van der Waals surface area contributed by atoms with E-state index in [-0.39, 0.29) is 17.3 Å². The van der Waals surface area contributed by atoms with E-state index in [0.29, 0.717) is 24.1 Å². The monoisotopic (exact) mass is 297 g/mol. The third-order valence-electron chi connectivity index (χ3n) is 4.16. The van der Waals surface area contributed by atoms with Gasteiger partial charge < -0.3 is 10.1 Å². The maximum atomic E-state index is 12.4. The minimum absolute atomic E-state index is 0.00697. The van der Waals surface area contributed by atoms with Crippen molar-refractivity contribution in [2.75, 3.05) is 0 Å². The van der Waals surface area contributed by atoms with Gasteiger partial charge in [-0.05, 0) is 36.5 Å². The molecule has 5 nitrogen and oxygen atoms in total. The Balaban J connectivity index is 2.05. The van der Waals surface area contributed by atoms with Crippen LogP contribution in [0.15, 0.2) is 35.1 Å². The fraction of sp³-hybridized carbons (Fsp3) is 0.235. The van der Waals surface area contributed by atoms with E-state index in [1.807, 2.05) is 31.2 Å². The third kappa shape index (κ3) is 2.35. The average molecular weight is 297 g/mol. The normalized spacial score (nSPS) is 17.1. The molecule has 0 fully saturated rings. The van der Waals surface area contributed by atoms with E-state index in [9.17, 15) is 14.4 Å². The predicted molar refractivity (Wildman–Crippen MR) is 80.6 cm³/mol. The van der Waals surface area contributed by atoms with Gasteiger partial charge in [-0.2, -0.15) is 0 Å². The summed E-state index contributed by atoms with van der Waals surface area (Å²) >= 11 is 0. The molecule has 1 aromatic heterocycles. The van der Waals surface area contributed by atoms with Gasteiger partial charge in [0.15, 0.2) is 5.78 Å². The lowest BCUT2D eigenvalue weighted by Gasteiger charge is -2.25. The second-order valence-corrected chi connectivity index (χ2v) is 5.59. The highest BCUT2D eigenvalue weighted by atomic mass is 16.4. The van der Waals surface area contributed by atoms with Crippen LogP contribution in [0.25, 0.3) is 0 Å². The van der Waals surface area contributed by atoms with Gasteiger partial charge in [-0.1, -0.05) is 24.3 Å². The maximum absolute atomic E-state index is 12.4. The predicted octanol–water partition coefficient (Wildman–Crippen LogP) is 2.29. The summed E-state index contributed by atoms with van der Waals surface area (Å²) in [5.74, 6) is -1.45. The zero-order valence-electron chi connectivity index (χ0n) is 12.1. The molecule has 0 spiro atoms. The number of aryl methyl sites for hydroxylation is 1. The van der Waals surface area contributed by atoms with Crippen LogP contribution in [0.3, 0.4) is 0 Å². The number of carbonyl (C=O) groups excluding carboxylic acids is 1. The topological polar surface area (TPSA) is 87.2 Å². The first-order valence-electron chi connectivity index (χ1n) is 7.05. The number of pyridine rings is 1. The summed E-state index contributed by atoms with van der Waals surface area (Å²) in [6, 6.07) is 9.05. The van der Waals surface area contributed by atoms with Gasteiger partial charge in [0.1, 0.15) is 5.56 Å². The zero-order valence-corrected chi connectivity index (χ0v) is 12.1. The molecule has 3 rings (SSSR count). The van der Waals surface area contributed by atoms with Gasteiger partial charge in [-0.15, -0.1) is 0 Å². The van der Waals surface area contributed by atoms with Gasteiger partial charge in [-0.25, -0.2) is 4.79 Å². The summed E-state index contributed by atoms with van der Waals surface area (Å²) < 4.78 is 0. The van der Waals surface area contributed by atoms with E-state index < -0.39 is 11.5 Å². The standard InChI is InChI=1S/C17H15NO4/c1-9-4-2-3-5-11(9)10-6-14-12(15(19)7-10)8-13(17(21)22)16(20)18-14/h2-5,8,10H,6-7H2,1H3,(H,18,20)(H,21,22)/t10-/m0/s1. The number of rotatable bonds is 2. The second-order valence-electron chi connectivity index (χ2n) is 5.59. The van der Waals surface area contributed by atoms with Crippen LogP contribution in [0.1, 0.15) is 49.9 Å². The first kappa shape index (κ1) is 14.3. The van der Waals surface area contributed by atoms with E-state index in [4.69, 9.17) is 5.11 Å². The molecule has 112 valence electrons. The maximum Gasteiger partial charge on any atom is 0.341 e. The van der Waals surface area contributed by atoms with E-state index in [2.05, 4.69) is 4.98 Å². The highest BCUT2D eigenvalue weighted by molar-refractivity contribution is 6.00. The van der Waals surface area contributed by atoms with E-state index >= 15 is 0 Å². The molecule has 0 aliphatic heterocycles. The third-order valence-corrected chi connectivity index (χ3v) is 4.16. The van der Waals surface area contributed by atoms with Gasteiger partial charge in [0, 0.05) is 17.7 Å². The lowest BCUT2D eigenvalue weighted by atomic mass is 9.80. The van der Waals surface area contributed by atoms with Crippen LogP contribution in [-0.4, -0.2) is 21.8 Å². The summed E-state index contributed by atoms with van der Waals surface area (Å²) in [7, 11) is 0. The molecule has 1 aliphatic rings. The Bertz CT molecular complexity index is 835. The van der Waals surface area contributed by atoms with E-state index in [0.717, 1.165) is 11.1 Å². The van der Waals surface area contributed by atoms with Gasteiger partial charge >= 0.3 is 5.97 Å². The molecule has 5 heteroatoms. The first-order valence-corrected chi connectivity index (χ1v) is 7.05. The summed E-state index contributed by atoms with van der Waals surface area (Å²) in [5, 5.41) is 8.99. The Morgan fingerprint density at radius 2 is 1.95 bits per heavy atom. The molecule has 2 aromatic rings. The molecular weight excluding hydrogens is 282 g/mol. The lowest BCUT2D eigenvalue weighted by Crippen LogP contribution is -2.27. The molecule has 1 heterocycles. The summed E-state index contributed by atoms with van der Waals surface area (Å²) in [6.45, 7) is 1.99. The fourth-order valence-corrected chi connectivity index (χ4v) is 3.05. The van der Waals surface area contributed by atoms with Crippen molar-refractivity contribution < 1.29 is 14.7 Å². The van der Waals surface area contributed by atoms with Crippen molar-refractivity contribution in [2.24, 2.45) is 0 Å². The largest absolute Gasteiger partial charge is 0.477 e. The molecule has 1 aromatic carbocycles. The molecule has 22 heavy (non-hydrogen) atoms. The Morgan fingerprint density at radius 3 is 2.64 bits per heavy atom. The molecule has 0 saturated carbocycles. The van der Waals surface area contributed by atoms with Crippen molar-refractivity contribution in [1.82, 2.24) is 4.98 Å². The number of aromatic nitrogens is 1. The summed E-state index contributed by atoms with van der Waals surface area (Å²) in [6.07, 6.45) is 0.851. The van der Waals surface area contributed by atoms with Crippen LogP contribution in [-0.2, 0) is 6.42 Å². The number of carboxylic acid groups (broad SMARTS) is 1. The molecule has 0 amide bonds. The van der Waals surface area contributed by atoms with Crippen LogP contribution in [0.5, 0.6) is 0 Å². The van der Waals surface area contributed by atoms with Crippen LogP contribution in [0.2, 0.25) is 0 Å². The van der Waals surface area contributed by atoms with Gasteiger partial charge in [-0.3, -0.25) is 9.59 Å². The number of Topliss-reactive ketones (excluding diaryl/α,β-unsaturated/α-hetero) is 1. The molecule has 0 saturated heterocycles. The molecule has 0 radical (unpaired) electrons. The minimum Gasteiger partial charge on any atom is -0.477 e. The summed E-state index contributed by atoms with van der Waals surface area (Å²) in [4.78, 5) is 37.7. The van der Waals surface area contributed by atoms with E-state index in [1.54, 1.807) is 0 Å². The van der Waals surface area contributed by atoms with Crippen molar-refractivity contribution in [3.8, 4) is 0 Å². The number of nitrogens with one attached hydrogen (secondary N) is 1. The Morgan fingerprint density at radius 1 is 1.23 bits per heavy atom. The number of carbonyl (C=O) groups is 2. The van der Waals surface area contributed by atoms with Crippen molar-refractivity contribution in [2.45, 2.75) is 25.7 Å². The highest BCUT2D eigenvalue weighted by Crippen LogP contribution is 2.33. The van der Waals surface area contributed by atoms with Crippen LogP contribution in [0, 0.1) is 6.92 Å². The van der Waals surface area contributed by atoms with Crippen molar-refractivity contribution >= 4 is 11.8 Å². The average Bonchev–Trinajstić information content (AvgIpc) is 2.46. The number of hydrogen-bond donors (Lipinski definition) is 2. The minimum atomic E-state index is -1.32. The van der Waals surface area contributed by atoms with Crippen LogP contribution < -0.4 is 5.56 Å². The van der Waals surface area contributed by atoms with Gasteiger partial charge in [0.2, 0.25) is 0 Å². The highest BCUT2D eigenvalue weighted by Gasteiger charge is 2.29. The number of aromatic amines is 1. The van der Waals surface area contributed by atoms with Crippen molar-refractivity contribution in [1.29, 1.82) is 0 Å². The zero-order chi connectivity index (χ0) is 15.9. The van der Waals surface area contributed by atoms with Gasteiger partial charge in [0.25, 0.3) is 5.56 Å². The molecule has 0 bridgehead atoms. The summed E-state index contributed by atoms with van der Waals surface area (Å²) in [5.41, 5.74) is 1.99. The number of ketones is 1. The fourth-order valence-electron chi connectivity index (χ4n) is 3.05. The van der Waals surface area contributed by atoms with Crippen molar-refractivity contribution in [3.63, 3.8) is 0 Å².